The van der Waals surface area contributed by atoms with Crippen LogP contribution in [0.5, 0.6) is 0 Å². The zero-order valence-corrected chi connectivity index (χ0v) is 7.75. The molecule has 0 aliphatic carbocycles. The molecule has 4 heteroatoms. The normalized spacial score (nSPS) is 15.4. The highest BCUT2D eigenvalue weighted by Crippen LogP contribution is 2.27. The van der Waals surface area contributed by atoms with Gasteiger partial charge in [-0.3, -0.25) is 4.79 Å². The smallest absolute Gasteiger partial charge is 0.384 e. The van der Waals surface area contributed by atoms with Crippen molar-refractivity contribution >= 4 is 29.1 Å². The lowest BCUT2D eigenvalue weighted by Crippen LogP contribution is -2.05. The van der Waals surface area contributed by atoms with Crippen molar-refractivity contribution in [1.82, 2.24) is 0 Å². The number of hydrogen-bond donors (Lipinski definition) is 0. The van der Waals surface area contributed by atoms with E-state index in [1.165, 1.54) is 0 Å². The van der Waals surface area contributed by atoms with E-state index in [4.69, 9.17) is 16.3 Å². The van der Waals surface area contributed by atoms with Crippen molar-refractivity contribution in [3.63, 3.8) is 0 Å². The Labute approximate surface area is 84.9 Å². The molecule has 1 aliphatic rings. The second kappa shape index (κ2) is 3.27. The van der Waals surface area contributed by atoms with Crippen LogP contribution in [0, 0.1) is 0 Å². The van der Waals surface area contributed by atoms with Crippen molar-refractivity contribution in [3.05, 3.63) is 40.9 Å². The summed E-state index contributed by atoms with van der Waals surface area (Å²) in [7, 11) is 0. The molecular formula is C10H5ClO3. The third-order valence-electron chi connectivity index (χ3n) is 1.81. The number of cyclic esters (lactones) is 1. The fourth-order valence-electron chi connectivity index (χ4n) is 1.15. The summed E-state index contributed by atoms with van der Waals surface area (Å²) in [6.07, 6.45) is 1.14. The Hall–Kier alpha value is -1.61. The lowest BCUT2D eigenvalue weighted by atomic mass is 10.2. The molecule has 1 aromatic carbocycles. The summed E-state index contributed by atoms with van der Waals surface area (Å²) in [6.45, 7) is 0. The zero-order chi connectivity index (χ0) is 10.1. The quantitative estimate of drug-likeness (QED) is 0.522. The minimum Gasteiger partial charge on any atom is -0.420 e. The predicted octanol–water partition coefficient (Wildman–Crippen LogP) is 1.81. The number of halogens is 1. The van der Waals surface area contributed by atoms with Crippen molar-refractivity contribution in [2.75, 3.05) is 0 Å². The minimum atomic E-state index is -0.861. The van der Waals surface area contributed by atoms with Crippen LogP contribution in [-0.2, 0) is 14.3 Å². The largest absolute Gasteiger partial charge is 0.420 e. The average Bonchev–Trinajstić information content (AvgIpc) is 2.48. The van der Waals surface area contributed by atoms with E-state index in [1.54, 1.807) is 24.3 Å². The van der Waals surface area contributed by atoms with Crippen molar-refractivity contribution in [2.24, 2.45) is 0 Å². The van der Waals surface area contributed by atoms with E-state index in [-0.39, 0.29) is 5.76 Å². The molecule has 2 rings (SSSR count). The number of hydrogen-bond acceptors (Lipinski definition) is 3. The molecule has 0 bridgehead atoms. The van der Waals surface area contributed by atoms with Crippen LogP contribution in [0.4, 0.5) is 0 Å². The molecule has 3 nitrogen and oxygen atoms in total. The first-order valence-electron chi connectivity index (χ1n) is 3.91. The maximum Gasteiger partial charge on any atom is 0.384 e. The van der Waals surface area contributed by atoms with Crippen LogP contribution in [0.15, 0.2) is 30.3 Å². The Kier molecular flexibility index (Phi) is 2.09. The molecule has 0 N–H and O–H groups in total. The standard InChI is InChI=1S/C10H5ClO3/c11-7-4-2-1-3-6(7)9-5-8(12)10(13)14-9/h1-5H. The first-order valence-corrected chi connectivity index (χ1v) is 4.29. The van der Waals surface area contributed by atoms with Gasteiger partial charge in [-0.05, 0) is 12.1 Å². The van der Waals surface area contributed by atoms with Gasteiger partial charge in [0.1, 0.15) is 5.76 Å². The molecule has 70 valence electrons. The van der Waals surface area contributed by atoms with Crippen LogP contribution in [-0.4, -0.2) is 11.8 Å². The fraction of sp³-hybridized carbons (Fsp3) is 0. The van der Waals surface area contributed by atoms with E-state index in [0.29, 0.717) is 10.6 Å². The van der Waals surface area contributed by atoms with Crippen LogP contribution >= 0.6 is 11.6 Å². The van der Waals surface area contributed by atoms with Gasteiger partial charge in [0.25, 0.3) is 5.78 Å². The second-order valence-electron chi connectivity index (χ2n) is 2.74. The summed E-state index contributed by atoms with van der Waals surface area (Å²) in [5.74, 6) is -1.30. The molecule has 0 unspecified atom stereocenters. The van der Waals surface area contributed by atoms with E-state index < -0.39 is 11.8 Å². The van der Waals surface area contributed by atoms with Gasteiger partial charge in [0, 0.05) is 11.6 Å². The lowest BCUT2D eigenvalue weighted by molar-refractivity contribution is -0.144. The molecule has 1 aliphatic heterocycles. The highest BCUT2D eigenvalue weighted by Gasteiger charge is 2.25. The molecule has 0 fully saturated rings. The van der Waals surface area contributed by atoms with E-state index in [1.807, 2.05) is 0 Å². The Morgan fingerprint density at radius 3 is 2.43 bits per heavy atom. The van der Waals surface area contributed by atoms with Crippen LogP contribution < -0.4 is 0 Å². The first kappa shape index (κ1) is 8.97. The third-order valence-corrected chi connectivity index (χ3v) is 2.13. The number of esters is 1. The number of ketones is 1. The number of rotatable bonds is 1. The van der Waals surface area contributed by atoms with Crippen LogP contribution in [0.1, 0.15) is 5.56 Å². The molecule has 0 amide bonds. The van der Waals surface area contributed by atoms with Crippen molar-refractivity contribution in [2.45, 2.75) is 0 Å². The Bertz CT molecular complexity index is 448. The van der Waals surface area contributed by atoms with E-state index in [9.17, 15) is 9.59 Å². The van der Waals surface area contributed by atoms with Crippen LogP contribution in [0.2, 0.25) is 5.02 Å². The number of benzene rings is 1. The molecule has 1 heterocycles. The molecule has 0 atom stereocenters. The van der Waals surface area contributed by atoms with Gasteiger partial charge in [-0.25, -0.2) is 4.79 Å². The minimum absolute atomic E-state index is 0.214. The van der Waals surface area contributed by atoms with Crippen LogP contribution in [0.25, 0.3) is 5.76 Å². The van der Waals surface area contributed by atoms with Crippen molar-refractivity contribution < 1.29 is 14.3 Å². The summed E-state index contributed by atoms with van der Waals surface area (Å²) in [5.41, 5.74) is 0.549. The SMILES string of the molecule is O=C1C=C(c2ccccc2Cl)OC1=O. The lowest BCUT2D eigenvalue weighted by Gasteiger charge is -2.02. The molecular weight excluding hydrogens is 204 g/mol. The maximum absolute atomic E-state index is 10.9. The number of carbonyl (C=O) groups excluding carboxylic acids is 2. The van der Waals surface area contributed by atoms with Gasteiger partial charge < -0.3 is 4.74 Å². The third kappa shape index (κ3) is 1.42. The summed E-state index contributed by atoms with van der Waals surface area (Å²) in [4.78, 5) is 21.7. The van der Waals surface area contributed by atoms with Gasteiger partial charge in [-0.2, -0.15) is 0 Å². The van der Waals surface area contributed by atoms with Crippen LogP contribution in [0.3, 0.4) is 0 Å². The molecule has 0 spiro atoms. The highest BCUT2D eigenvalue weighted by atomic mass is 35.5. The number of carbonyl (C=O) groups is 2. The maximum atomic E-state index is 10.9. The molecule has 1 aromatic rings. The molecule has 0 aromatic heterocycles. The predicted molar refractivity (Wildman–Crippen MR) is 50.5 cm³/mol. The Morgan fingerprint density at radius 2 is 1.86 bits per heavy atom. The van der Waals surface area contributed by atoms with Gasteiger partial charge in [0.2, 0.25) is 0 Å². The zero-order valence-electron chi connectivity index (χ0n) is 6.99. The van der Waals surface area contributed by atoms with Gasteiger partial charge in [0.05, 0.1) is 5.02 Å². The first-order chi connectivity index (χ1) is 6.68. The molecule has 0 radical (unpaired) electrons. The van der Waals surface area contributed by atoms with Gasteiger partial charge in [0.15, 0.2) is 0 Å². The van der Waals surface area contributed by atoms with Gasteiger partial charge in [-0.1, -0.05) is 23.7 Å². The average molecular weight is 209 g/mol. The fourth-order valence-corrected chi connectivity index (χ4v) is 1.38. The summed E-state index contributed by atoms with van der Waals surface area (Å²) in [5, 5.41) is 0.446. The Morgan fingerprint density at radius 1 is 1.14 bits per heavy atom. The van der Waals surface area contributed by atoms with Crippen molar-refractivity contribution in [3.8, 4) is 0 Å². The molecule has 0 saturated heterocycles. The molecule has 14 heavy (non-hydrogen) atoms. The highest BCUT2D eigenvalue weighted by molar-refractivity contribution is 6.43. The monoisotopic (exact) mass is 208 g/mol. The molecule has 0 saturated carbocycles. The van der Waals surface area contributed by atoms with E-state index in [0.717, 1.165) is 6.08 Å². The van der Waals surface area contributed by atoms with Crippen molar-refractivity contribution in [1.29, 1.82) is 0 Å². The Balaban J connectivity index is 2.43. The van der Waals surface area contributed by atoms with E-state index >= 15 is 0 Å². The summed E-state index contributed by atoms with van der Waals surface area (Å²) >= 11 is 5.86. The summed E-state index contributed by atoms with van der Waals surface area (Å²) < 4.78 is 4.73. The van der Waals surface area contributed by atoms with Gasteiger partial charge in [-0.15, -0.1) is 0 Å². The van der Waals surface area contributed by atoms with Gasteiger partial charge >= 0.3 is 5.97 Å². The number of ether oxygens (including phenoxy) is 1. The topological polar surface area (TPSA) is 43.4 Å². The summed E-state index contributed by atoms with van der Waals surface area (Å²) in [6, 6.07) is 6.85. The second-order valence-corrected chi connectivity index (χ2v) is 3.15. The van der Waals surface area contributed by atoms with E-state index in [2.05, 4.69) is 0 Å².